The van der Waals surface area contributed by atoms with Crippen LogP contribution >= 0.6 is 0 Å². The molecule has 0 aliphatic carbocycles. The van der Waals surface area contributed by atoms with Crippen LogP contribution in [0.5, 0.6) is 0 Å². The van der Waals surface area contributed by atoms with E-state index < -0.39 is 0 Å². The average molecular weight is 267 g/mol. The Hall–Kier alpha value is -0.120. The van der Waals surface area contributed by atoms with Crippen molar-refractivity contribution >= 4 is 0 Å². The van der Waals surface area contributed by atoms with Crippen molar-refractivity contribution in [1.82, 2.24) is 15.1 Å². The molecule has 3 heteroatoms. The number of nitrogens with one attached hydrogen (secondary N) is 1. The first-order valence-corrected chi connectivity index (χ1v) is 8.24. The molecule has 19 heavy (non-hydrogen) atoms. The van der Waals surface area contributed by atoms with Gasteiger partial charge >= 0.3 is 0 Å². The van der Waals surface area contributed by atoms with Gasteiger partial charge in [0.1, 0.15) is 0 Å². The van der Waals surface area contributed by atoms with Gasteiger partial charge in [-0.3, -0.25) is 0 Å². The fraction of sp³-hybridized carbons (Fsp3) is 1.00. The Labute approximate surface area is 119 Å². The molecule has 3 atom stereocenters. The zero-order valence-electron chi connectivity index (χ0n) is 13.4. The molecule has 2 fully saturated rings. The highest BCUT2D eigenvalue weighted by atomic mass is 15.2. The second kappa shape index (κ2) is 7.05. The minimum absolute atomic E-state index is 0.637. The van der Waals surface area contributed by atoms with Crippen LogP contribution in [-0.4, -0.2) is 61.7 Å². The Kier molecular flexibility index (Phi) is 5.67. The number of fused-ring (bicyclic) bond motifs is 1. The maximum absolute atomic E-state index is 3.66. The summed E-state index contributed by atoms with van der Waals surface area (Å²) in [5, 5.41) is 3.66. The monoisotopic (exact) mass is 267 g/mol. The van der Waals surface area contributed by atoms with Gasteiger partial charge in [0.05, 0.1) is 0 Å². The van der Waals surface area contributed by atoms with Gasteiger partial charge in [-0.2, -0.15) is 0 Å². The van der Waals surface area contributed by atoms with Crippen LogP contribution < -0.4 is 5.32 Å². The highest BCUT2D eigenvalue weighted by Crippen LogP contribution is 2.29. The molecule has 2 saturated heterocycles. The van der Waals surface area contributed by atoms with Crippen LogP contribution in [0.3, 0.4) is 0 Å². The van der Waals surface area contributed by atoms with E-state index in [1.54, 1.807) is 0 Å². The van der Waals surface area contributed by atoms with Crippen molar-refractivity contribution in [2.45, 2.75) is 52.1 Å². The van der Waals surface area contributed by atoms with E-state index in [-0.39, 0.29) is 0 Å². The third kappa shape index (κ3) is 4.17. The fourth-order valence-corrected chi connectivity index (χ4v) is 3.62. The van der Waals surface area contributed by atoms with Gasteiger partial charge in [0.2, 0.25) is 0 Å². The highest BCUT2D eigenvalue weighted by molar-refractivity contribution is 4.89. The maximum Gasteiger partial charge on any atom is 0.0145 e. The Morgan fingerprint density at radius 1 is 1.16 bits per heavy atom. The van der Waals surface area contributed by atoms with Crippen molar-refractivity contribution in [3.05, 3.63) is 0 Å². The van der Waals surface area contributed by atoms with Crippen molar-refractivity contribution in [3.8, 4) is 0 Å². The molecule has 2 aliphatic heterocycles. The molecule has 0 bridgehead atoms. The number of hydrogen-bond acceptors (Lipinski definition) is 3. The third-order valence-electron chi connectivity index (χ3n) is 5.32. The van der Waals surface area contributed by atoms with Gasteiger partial charge in [0.15, 0.2) is 0 Å². The largest absolute Gasteiger partial charge is 0.313 e. The number of hydrogen-bond donors (Lipinski definition) is 1. The molecule has 3 nitrogen and oxygen atoms in total. The molecule has 112 valence electrons. The fourth-order valence-electron chi connectivity index (χ4n) is 3.62. The van der Waals surface area contributed by atoms with Gasteiger partial charge in [0, 0.05) is 31.7 Å². The predicted octanol–water partition coefficient (Wildman–Crippen LogP) is 2.04. The number of piperidine rings is 2. The summed E-state index contributed by atoms with van der Waals surface area (Å²) in [7, 11) is 2.32. The van der Waals surface area contributed by atoms with E-state index in [1.807, 2.05) is 0 Å². The van der Waals surface area contributed by atoms with E-state index in [1.165, 1.54) is 45.4 Å². The second-order valence-electron chi connectivity index (χ2n) is 7.03. The molecular formula is C16H33N3. The standard InChI is InChI=1S/C16H33N3/c1-13(2)14(3)17-8-11-19-10-7-16-15(12-19)6-5-9-18(16)4/h13-17H,5-12H2,1-4H3. The summed E-state index contributed by atoms with van der Waals surface area (Å²) in [5.41, 5.74) is 0. The summed E-state index contributed by atoms with van der Waals surface area (Å²) in [6, 6.07) is 1.51. The van der Waals surface area contributed by atoms with Crippen molar-refractivity contribution in [2.24, 2.45) is 11.8 Å². The molecule has 3 unspecified atom stereocenters. The first-order valence-electron chi connectivity index (χ1n) is 8.24. The molecule has 0 aromatic heterocycles. The van der Waals surface area contributed by atoms with Gasteiger partial charge in [0.25, 0.3) is 0 Å². The van der Waals surface area contributed by atoms with Crippen LogP contribution in [0.25, 0.3) is 0 Å². The summed E-state index contributed by atoms with van der Waals surface area (Å²) >= 11 is 0. The van der Waals surface area contributed by atoms with E-state index in [4.69, 9.17) is 0 Å². The maximum atomic E-state index is 3.66. The Morgan fingerprint density at radius 3 is 2.68 bits per heavy atom. The van der Waals surface area contributed by atoms with E-state index in [0.29, 0.717) is 6.04 Å². The van der Waals surface area contributed by atoms with Gasteiger partial charge in [-0.15, -0.1) is 0 Å². The van der Waals surface area contributed by atoms with Crippen LogP contribution in [0.1, 0.15) is 40.0 Å². The lowest BCUT2D eigenvalue weighted by Gasteiger charge is -2.46. The molecule has 0 radical (unpaired) electrons. The van der Waals surface area contributed by atoms with Gasteiger partial charge in [-0.05, 0) is 58.2 Å². The molecule has 0 saturated carbocycles. The summed E-state index contributed by atoms with van der Waals surface area (Å²) in [4.78, 5) is 5.28. The lowest BCUT2D eigenvalue weighted by atomic mass is 9.84. The number of nitrogens with zero attached hydrogens (tertiary/aromatic N) is 2. The topological polar surface area (TPSA) is 18.5 Å². The minimum atomic E-state index is 0.637. The average Bonchev–Trinajstić information content (AvgIpc) is 2.38. The second-order valence-corrected chi connectivity index (χ2v) is 7.03. The van der Waals surface area contributed by atoms with Crippen LogP contribution in [-0.2, 0) is 0 Å². The van der Waals surface area contributed by atoms with Crippen LogP contribution in [0.4, 0.5) is 0 Å². The summed E-state index contributed by atoms with van der Waals surface area (Å²) in [5.74, 6) is 1.66. The van der Waals surface area contributed by atoms with Gasteiger partial charge in [-0.25, -0.2) is 0 Å². The molecule has 1 N–H and O–H groups in total. The number of likely N-dealkylation sites (tertiary alicyclic amines) is 2. The van der Waals surface area contributed by atoms with Crippen molar-refractivity contribution in [2.75, 3.05) is 39.8 Å². The molecule has 0 amide bonds. The molecule has 0 aromatic carbocycles. The summed E-state index contributed by atoms with van der Waals surface area (Å²) in [6.07, 6.45) is 4.22. The molecule has 0 aromatic rings. The molecule has 2 rings (SSSR count). The normalized spacial score (nSPS) is 31.4. The minimum Gasteiger partial charge on any atom is -0.313 e. The molecule has 2 heterocycles. The van der Waals surface area contributed by atoms with Crippen molar-refractivity contribution in [1.29, 1.82) is 0 Å². The van der Waals surface area contributed by atoms with E-state index in [9.17, 15) is 0 Å². The van der Waals surface area contributed by atoms with E-state index in [0.717, 1.165) is 24.4 Å². The summed E-state index contributed by atoms with van der Waals surface area (Å²) < 4.78 is 0. The van der Waals surface area contributed by atoms with Gasteiger partial charge < -0.3 is 15.1 Å². The van der Waals surface area contributed by atoms with E-state index in [2.05, 4.69) is 42.9 Å². The zero-order valence-corrected chi connectivity index (χ0v) is 13.4. The van der Waals surface area contributed by atoms with Crippen LogP contribution in [0.2, 0.25) is 0 Å². The zero-order chi connectivity index (χ0) is 13.8. The lowest BCUT2D eigenvalue weighted by Crippen LogP contribution is -2.53. The van der Waals surface area contributed by atoms with Crippen molar-refractivity contribution < 1.29 is 0 Å². The third-order valence-corrected chi connectivity index (χ3v) is 5.32. The first kappa shape index (κ1) is 15.3. The predicted molar refractivity (Wildman–Crippen MR) is 82.5 cm³/mol. The Morgan fingerprint density at radius 2 is 1.95 bits per heavy atom. The quantitative estimate of drug-likeness (QED) is 0.822. The number of rotatable bonds is 5. The van der Waals surface area contributed by atoms with Crippen LogP contribution in [0, 0.1) is 11.8 Å². The Balaban J connectivity index is 1.69. The Bertz CT molecular complexity index is 267. The molecular weight excluding hydrogens is 234 g/mol. The lowest BCUT2D eigenvalue weighted by molar-refractivity contribution is 0.0387. The first-order chi connectivity index (χ1) is 9.08. The van der Waals surface area contributed by atoms with Crippen molar-refractivity contribution in [3.63, 3.8) is 0 Å². The van der Waals surface area contributed by atoms with Gasteiger partial charge in [-0.1, -0.05) is 13.8 Å². The SMILES string of the molecule is CC(C)C(C)NCCN1CCC2C(CCCN2C)C1. The molecule has 2 aliphatic rings. The van der Waals surface area contributed by atoms with E-state index >= 15 is 0 Å². The highest BCUT2D eigenvalue weighted by Gasteiger charge is 2.33. The smallest absolute Gasteiger partial charge is 0.0145 e. The molecule has 0 spiro atoms. The van der Waals surface area contributed by atoms with Crippen LogP contribution in [0.15, 0.2) is 0 Å². The summed E-state index contributed by atoms with van der Waals surface area (Å²) in [6.45, 7) is 13.2.